The summed E-state index contributed by atoms with van der Waals surface area (Å²) in [6.07, 6.45) is -0.584. The maximum Gasteiger partial charge on any atom is 0.227 e. The molecular weight excluding hydrogens is 438 g/mol. The van der Waals surface area contributed by atoms with E-state index in [-0.39, 0.29) is 5.60 Å². The van der Waals surface area contributed by atoms with Gasteiger partial charge in [0.05, 0.1) is 35.3 Å². The van der Waals surface area contributed by atoms with Gasteiger partial charge in [0.15, 0.2) is 0 Å². The molecule has 2 aromatic carbocycles. The highest BCUT2D eigenvalue weighted by molar-refractivity contribution is 5.43. The first kappa shape index (κ1) is 26.9. The Bertz CT molecular complexity index is 1050. The number of nitrogens with zero attached hydrogens (tertiary/aromatic N) is 3. The third kappa shape index (κ3) is 8.20. The van der Waals surface area contributed by atoms with Crippen LogP contribution >= 0.6 is 0 Å². The molecule has 1 aromatic heterocycles. The molecule has 0 fully saturated rings. The summed E-state index contributed by atoms with van der Waals surface area (Å²) in [6, 6.07) is 18.1. The molecule has 1 N–H and O–H groups in total. The number of rotatable bonds is 11. The maximum absolute atomic E-state index is 10.7. The van der Waals surface area contributed by atoms with Crippen molar-refractivity contribution in [1.82, 2.24) is 14.7 Å². The fraction of sp³-hybridized carbons (Fsp3) is 0.483. The second-order valence-electron chi connectivity index (χ2n) is 10.7. The van der Waals surface area contributed by atoms with E-state index in [0.717, 1.165) is 29.2 Å². The highest BCUT2D eigenvalue weighted by Crippen LogP contribution is 2.32. The lowest BCUT2D eigenvalue weighted by molar-refractivity contribution is -0.0573. The molecule has 0 bridgehead atoms. The van der Waals surface area contributed by atoms with Crippen molar-refractivity contribution < 1.29 is 14.6 Å². The van der Waals surface area contributed by atoms with E-state index in [1.165, 1.54) is 5.56 Å². The highest BCUT2D eigenvalue weighted by Gasteiger charge is 2.24. The van der Waals surface area contributed by atoms with Crippen LogP contribution in [0, 0.1) is 19.8 Å². The van der Waals surface area contributed by atoms with E-state index >= 15 is 0 Å². The van der Waals surface area contributed by atoms with Crippen molar-refractivity contribution in [2.45, 2.75) is 66.7 Å². The summed E-state index contributed by atoms with van der Waals surface area (Å²) in [7, 11) is 0. The molecule has 0 unspecified atom stereocenters. The van der Waals surface area contributed by atoms with Gasteiger partial charge in [0.2, 0.25) is 5.88 Å². The van der Waals surface area contributed by atoms with Gasteiger partial charge in [-0.3, -0.25) is 4.90 Å². The summed E-state index contributed by atoms with van der Waals surface area (Å²) < 4.78 is 14.2. The zero-order chi connectivity index (χ0) is 25.6. The number of aromatic nitrogens is 2. The summed E-state index contributed by atoms with van der Waals surface area (Å²) in [4.78, 5) is 2.27. The molecule has 0 amide bonds. The fourth-order valence-electron chi connectivity index (χ4n) is 3.93. The van der Waals surface area contributed by atoms with Gasteiger partial charge in [-0.2, -0.15) is 5.10 Å². The zero-order valence-electron chi connectivity index (χ0n) is 22.3. The lowest BCUT2D eigenvalue weighted by Crippen LogP contribution is -2.38. The van der Waals surface area contributed by atoms with Gasteiger partial charge in [0, 0.05) is 19.6 Å². The minimum absolute atomic E-state index is 0.285. The number of aryl methyl sites for hydroxylation is 2. The number of para-hydroxylation sites is 1. The average molecular weight is 480 g/mol. The molecule has 0 aliphatic heterocycles. The topological polar surface area (TPSA) is 59.8 Å². The number of ether oxygens (including phenoxy) is 2. The number of hydrogen-bond donors (Lipinski definition) is 1. The molecule has 3 aromatic rings. The molecule has 190 valence electrons. The highest BCUT2D eigenvalue weighted by atomic mass is 16.5. The molecule has 0 spiro atoms. The first-order chi connectivity index (χ1) is 16.5. The zero-order valence-corrected chi connectivity index (χ0v) is 22.3. The van der Waals surface area contributed by atoms with Crippen molar-refractivity contribution in [3.8, 4) is 17.3 Å². The first-order valence-electron chi connectivity index (χ1n) is 12.4. The van der Waals surface area contributed by atoms with E-state index in [9.17, 15) is 5.11 Å². The molecular formula is C29H41N3O3. The van der Waals surface area contributed by atoms with Crippen molar-refractivity contribution >= 4 is 0 Å². The van der Waals surface area contributed by atoms with E-state index in [1.54, 1.807) is 0 Å². The first-order valence-corrected chi connectivity index (χ1v) is 12.4. The van der Waals surface area contributed by atoms with Gasteiger partial charge in [-0.05, 0) is 64.8 Å². The second kappa shape index (κ2) is 11.8. The van der Waals surface area contributed by atoms with E-state index in [0.29, 0.717) is 31.5 Å². The molecule has 0 radical (unpaired) electrons. The minimum Gasteiger partial charge on any atom is -0.439 e. The molecule has 0 aliphatic rings. The summed E-state index contributed by atoms with van der Waals surface area (Å²) >= 11 is 0. The third-order valence-corrected chi connectivity index (χ3v) is 5.56. The van der Waals surface area contributed by atoms with Crippen LogP contribution in [0.4, 0.5) is 0 Å². The number of benzene rings is 2. The van der Waals surface area contributed by atoms with Gasteiger partial charge in [-0.15, -0.1) is 0 Å². The van der Waals surface area contributed by atoms with Gasteiger partial charge in [-0.1, -0.05) is 49.7 Å². The Morgan fingerprint density at radius 2 is 1.63 bits per heavy atom. The van der Waals surface area contributed by atoms with Gasteiger partial charge in [0.25, 0.3) is 0 Å². The number of aliphatic hydroxyl groups is 1. The summed E-state index contributed by atoms with van der Waals surface area (Å²) in [6.45, 7) is 16.7. The second-order valence-corrected chi connectivity index (χ2v) is 10.7. The van der Waals surface area contributed by atoms with Crippen LogP contribution in [0.2, 0.25) is 0 Å². The molecule has 35 heavy (non-hydrogen) atoms. The molecule has 0 saturated heterocycles. The quantitative estimate of drug-likeness (QED) is 0.370. The van der Waals surface area contributed by atoms with Crippen molar-refractivity contribution in [3.63, 3.8) is 0 Å². The van der Waals surface area contributed by atoms with E-state index in [4.69, 9.17) is 14.6 Å². The lowest BCUT2D eigenvalue weighted by Gasteiger charge is -2.28. The minimum atomic E-state index is -0.584. The summed E-state index contributed by atoms with van der Waals surface area (Å²) in [5.74, 6) is 1.91. The van der Waals surface area contributed by atoms with Crippen LogP contribution in [0.15, 0.2) is 54.6 Å². The predicted octanol–water partition coefficient (Wildman–Crippen LogP) is 5.92. The molecule has 1 heterocycles. The van der Waals surface area contributed by atoms with E-state index in [2.05, 4.69) is 25.7 Å². The van der Waals surface area contributed by atoms with Crippen molar-refractivity contribution in [3.05, 3.63) is 71.4 Å². The fourth-order valence-corrected chi connectivity index (χ4v) is 3.93. The van der Waals surface area contributed by atoms with Crippen molar-refractivity contribution in [1.29, 1.82) is 0 Å². The van der Waals surface area contributed by atoms with Gasteiger partial charge in [-0.25, -0.2) is 4.68 Å². The van der Waals surface area contributed by atoms with Gasteiger partial charge < -0.3 is 14.6 Å². The Morgan fingerprint density at radius 3 is 2.23 bits per heavy atom. The van der Waals surface area contributed by atoms with Crippen LogP contribution in [0.5, 0.6) is 11.6 Å². The van der Waals surface area contributed by atoms with Crippen LogP contribution in [0.25, 0.3) is 5.69 Å². The van der Waals surface area contributed by atoms with Gasteiger partial charge in [0.1, 0.15) is 5.75 Å². The van der Waals surface area contributed by atoms with E-state index < -0.39 is 6.10 Å². The molecule has 3 rings (SSSR count). The summed E-state index contributed by atoms with van der Waals surface area (Å²) in [5.41, 5.74) is 3.76. The van der Waals surface area contributed by atoms with Crippen molar-refractivity contribution in [2.75, 3.05) is 19.7 Å². The van der Waals surface area contributed by atoms with E-state index in [1.807, 2.05) is 87.0 Å². The Morgan fingerprint density at radius 1 is 0.971 bits per heavy atom. The molecule has 0 aliphatic carbocycles. The lowest BCUT2D eigenvalue weighted by atomic mass is 10.1. The van der Waals surface area contributed by atoms with Crippen LogP contribution in [-0.4, -0.2) is 51.2 Å². The standard InChI is InChI=1S/C29H41N3O3/c1-21(2)17-31(18-25(33)20-34-29(5,6)7)19-27-23(4)30-32(24-11-9-8-10-12-24)28(27)35-26-15-13-22(3)14-16-26/h8-16,21,25,33H,17-20H2,1-7H3/t25-/m0/s1. The average Bonchev–Trinajstić information content (AvgIpc) is 3.08. The van der Waals surface area contributed by atoms with Crippen LogP contribution in [0.3, 0.4) is 0 Å². The smallest absolute Gasteiger partial charge is 0.227 e. The Hall–Kier alpha value is -2.67. The SMILES string of the molecule is Cc1ccc(Oc2c(CN(CC(C)C)C[C@H](O)COC(C)(C)C)c(C)nn2-c2ccccc2)cc1. The van der Waals surface area contributed by atoms with Gasteiger partial charge >= 0.3 is 0 Å². The maximum atomic E-state index is 10.7. The molecule has 1 atom stereocenters. The van der Waals surface area contributed by atoms with Crippen LogP contribution < -0.4 is 4.74 Å². The third-order valence-electron chi connectivity index (χ3n) is 5.56. The monoisotopic (exact) mass is 479 g/mol. The van der Waals surface area contributed by atoms with Crippen molar-refractivity contribution in [2.24, 2.45) is 5.92 Å². The normalized spacial score (nSPS) is 13.0. The Labute approximate surface area is 210 Å². The molecule has 6 nitrogen and oxygen atoms in total. The Kier molecular flexibility index (Phi) is 9.11. The largest absolute Gasteiger partial charge is 0.439 e. The summed E-state index contributed by atoms with van der Waals surface area (Å²) in [5, 5.41) is 15.6. The predicted molar refractivity (Wildman–Crippen MR) is 141 cm³/mol. The Balaban J connectivity index is 1.92. The number of hydrogen-bond acceptors (Lipinski definition) is 5. The van der Waals surface area contributed by atoms with Crippen LogP contribution in [-0.2, 0) is 11.3 Å². The number of aliphatic hydroxyl groups excluding tert-OH is 1. The molecule has 0 saturated carbocycles. The molecule has 6 heteroatoms. The van der Waals surface area contributed by atoms with Crippen LogP contribution in [0.1, 0.15) is 51.4 Å².